The van der Waals surface area contributed by atoms with E-state index in [1.165, 1.54) is 18.2 Å². The molecule has 3 rings (SSSR count). The quantitative estimate of drug-likeness (QED) is 0.623. The van der Waals surface area contributed by atoms with Gasteiger partial charge in [-0.05, 0) is 31.9 Å². The van der Waals surface area contributed by atoms with Crippen LogP contribution in [0.5, 0.6) is 0 Å². The third kappa shape index (κ3) is 4.00. The van der Waals surface area contributed by atoms with Gasteiger partial charge in [0.05, 0.1) is 10.5 Å². The van der Waals surface area contributed by atoms with Gasteiger partial charge in [-0.15, -0.1) is 12.4 Å². The van der Waals surface area contributed by atoms with Crippen LogP contribution in [0.15, 0.2) is 53.5 Å². The number of amidine groups is 1. The van der Waals surface area contributed by atoms with Gasteiger partial charge in [0.25, 0.3) is 11.6 Å². The first kappa shape index (κ1) is 19.4. The second kappa shape index (κ2) is 7.53. The Kier molecular flexibility index (Phi) is 5.62. The average molecular weight is 375 g/mol. The number of hydrogen-bond acceptors (Lipinski definition) is 5. The molecule has 2 aromatic carbocycles. The summed E-state index contributed by atoms with van der Waals surface area (Å²) in [6, 6.07) is 13.6. The number of rotatable bonds is 2. The standard InChI is InChI=1S/C18H18N4O3.ClH/c1-18(2)11-12-7-3-4-8-13(12)16(19-18)20-21-17(23)14-9-5-6-10-15(14)22(24)25;/h3-10H,11H2,1-2H3,(H,19,20)(H,21,23);1H. The fourth-order valence-electron chi connectivity index (χ4n) is 2.88. The number of benzene rings is 2. The van der Waals surface area contributed by atoms with Gasteiger partial charge in [0.15, 0.2) is 0 Å². The molecular weight excluding hydrogens is 356 g/mol. The van der Waals surface area contributed by atoms with Crippen LogP contribution < -0.4 is 10.9 Å². The molecule has 2 N–H and O–H groups in total. The van der Waals surface area contributed by atoms with Gasteiger partial charge in [0, 0.05) is 11.6 Å². The number of nitrogens with one attached hydrogen (secondary N) is 2. The summed E-state index contributed by atoms with van der Waals surface area (Å²) < 4.78 is 0. The van der Waals surface area contributed by atoms with E-state index in [4.69, 9.17) is 0 Å². The summed E-state index contributed by atoms with van der Waals surface area (Å²) in [5.41, 5.74) is 6.82. The number of hydrogen-bond donors (Lipinski definition) is 2. The maximum absolute atomic E-state index is 12.4. The molecule has 26 heavy (non-hydrogen) atoms. The largest absolute Gasteiger partial charge is 0.282 e. The van der Waals surface area contributed by atoms with E-state index >= 15 is 0 Å². The van der Waals surface area contributed by atoms with E-state index in [2.05, 4.69) is 15.8 Å². The molecule has 0 atom stereocenters. The van der Waals surface area contributed by atoms with Crippen molar-refractivity contribution in [2.24, 2.45) is 4.99 Å². The Hall–Kier alpha value is -2.93. The summed E-state index contributed by atoms with van der Waals surface area (Å²) in [5, 5.41) is 11.1. The first-order chi connectivity index (χ1) is 11.9. The first-order valence-corrected chi connectivity index (χ1v) is 7.85. The monoisotopic (exact) mass is 374 g/mol. The van der Waals surface area contributed by atoms with Crippen LogP contribution in [0.4, 0.5) is 5.69 Å². The van der Waals surface area contributed by atoms with Crippen LogP contribution in [0.3, 0.4) is 0 Å². The van der Waals surface area contributed by atoms with E-state index in [0.29, 0.717) is 5.84 Å². The second-order valence-electron chi connectivity index (χ2n) is 6.46. The summed E-state index contributed by atoms with van der Waals surface area (Å²) in [5.74, 6) is -0.0466. The van der Waals surface area contributed by atoms with Crippen molar-refractivity contribution in [1.29, 1.82) is 0 Å². The Morgan fingerprint density at radius 3 is 2.54 bits per heavy atom. The molecule has 0 radical (unpaired) electrons. The van der Waals surface area contributed by atoms with Crippen LogP contribution in [-0.2, 0) is 6.42 Å². The predicted molar refractivity (Wildman–Crippen MR) is 102 cm³/mol. The van der Waals surface area contributed by atoms with Gasteiger partial charge in [0.1, 0.15) is 11.4 Å². The highest BCUT2D eigenvalue weighted by molar-refractivity contribution is 6.04. The van der Waals surface area contributed by atoms with Gasteiger partial charge in [-0.25, -0.2) is 0 Å². The van der Waals surface area contributed by atoms with E-state index in [1.807, 2.05) is 38.1 Å². The number of para-hydroxylation sites is 1. The Labute approximate surface area is 157 Å². The molecule has 0 saturated carbocycles. The summed E-state index contributed by atoms with van der Waals surface area (Å²) in [7, 11) is 0. The van der Waals surface area contributed by atoms with E-state index < -0.39 is 10.8 Å². The second-order valence-corrected chi connectivity index (χ2v) is 6.46. The zero-order valence-electron chi connectivity index (χ0n) is 14.4. The molecule has 0 saturated heterocycles. The molecule has 8 heteroatoms. The Morgan fingerprint density at radius 1 is 1.15 bits per heavy atom. The molecule has 1 aliphatic rings. The fraction of sp³-hybridized carbons (Fsp3) is 0.222. The summed E-state index contributed by atoms with van der Waals surface area (Å²) >= 11 is 0. The summed E-state index contributed by atoms with van der Waals surface area (Å²) in [6.07, 6.45) is 0.798. The highest BCUT2D eigenvalue weighted by Gasteiger charge is 2.27. The number of nitrogens with zero attached hydrogens (tertiary/aromatic N) is 2. The van der Waals surface area contributed by atoms with Crippen molar-refractivity contribution in [1.82, 2.24) is 10.9 Å². The maximum Gasteiger partial charge on any atom is 0.282 e. The van der Waals surface area contributed by atoms with Crippen molar-refractivity contribution in [3.05, 3.63) is 75.3 Å². The molecule has 0 fully saturated rings. The van der Waals surface area contributed by atoms with E-state index in [0.717, 1.165) is 17.5 Å². The van der Waals surface area contributed by atoms with Crippen molar-refractivity contribution in [2.45, 2.75) is 25.8 Å². The number of carbonyl (C=O) groups is 1. The fourth-order valence-corrected chi connectivity index (χ4v) is 2.88. The molecule has 0 aromatic heterocycles. The number of fused-ring (bicyclic) bond motifs is 1. The molecule has 1 amide bonds. The molecule has 0 bridgehead atoms. The molecule has 1 aliphatic heterocycles. The van der Waals surface area contributed by atoms with Crippen molar-refractivity contribution in [3.63, 3.8) is 0 Å². The predicted octanol–water partition coefficient (Wildman–Crippen LogP) is 3.03. The van der Waals surface area contributed by atoms with Gasteiger partial charge in [0.2, 0.25) is 0 Å². The lowest BCUT2D eigenvalue weighted by atomic mass is 9.89. The third-order valence-electron chi connectivity index (χ3n) is 3.95. The van der Waals surface area contributed by atoms with Gasteiger partial charge in [-0.3, -0.25) is 30.8 Å². The smallest absolute Gasteiger partial charge is 0.281 e. The maximum atomic E-state index is 12.4. The van der Waals surface area contributed by atoms with Gasteiger partial charge in [-0.2, -0.15) is 0 Å². The van der Waals surface area contributed by atoms with E-state index in [9.17, 15) is 14.9 Å². The third-order valence-corrected chi connectivity index (χ3v) is 3.95. The SMILES string of the molecule is CC1(C)Cc2ccccc2C(NNC(=O)c2ccccc2[N+](=O)[O-])=N1.Cl. The Bertz CT molecular complexity index is 880. The molecule has 7 nitrogen and oxygen atoms in total. The van der Waals surface area contributed by atoms with Crippen LogP contribution in [-0.4, -0.2) is 22.2 Å². The topological polar surface area (TPSA) is 96.6 Å². The van der Waals surface area contributed by atoms with Gasteiger partial charge < -0.3 is 0 Å². The summed E-state index contributed by atoms with van der Waals surface area (Å²) in [6.45, 7) is 4.02. The number of nitro groups is 1. The number of amides is 1. The zero-order chi connectivity index (χ0) is 18.0. The van der Waals surface area contributed by atoms with E-state index in [1.54, 1.807) is 6.07 Å². The van der Waals surface area contributed by atoms with Gasteiger partial charge >= 0.3 is 0 Å². The summed E-state index contributed by atoms with van der Waals surface area (Å²) in [4.78, 5) is 27.5. The van der Waals surface area contributed by atoms with Crippen LogP contribution in [0.2, 0.25) is 0 Å². The molecule has 1 heterocycles. The highest BCUT2D eigenvalue weighted by Crippen LogP contribution is 2.25. The van der Waals surface area contributed by atoms with Crippen LogP contribution in [0.1, 0.15) is 35.3 Å². The van der Waals surface area contributed by atoms with Crippen molar-refractivity contribution in [3.8, 4) is 0 Å². The molecule has 0 aliphatic carbocycles. The van der Waals surface area contributed by atoms with Gasteiger partial charge in [-0.1, -0.05) is 36.4 Å². The molecular formula is C18H19ClN4O3. The number of halogens is 1. The minimum atomic E-state index is -0.587. The number of hydrazine groups is 1. The highest BCUT2D eigenvalue weighted by atomic mass is 35.5. The van der Waals surface area contributed by atoms with Crippen molar-refractivity contribution >= 4 is 29.8 Å². The average Bonchev–Trinajstić information content (AvgIpc) is 2.58. The van der Waals surface area contributed by atoms with Crippen LogP contribution in [0, 0.1) is 10.1 Å². The number of nitro benzene ring substituents is 1. The minimum Gasteiger partial charge on any atom is -0.281 e. The van der Waals surface area contributed by atoms with Crippen LogP contribution >= 0.6 is 12.4 Å². The lowest BCUT2D eigenvalue weighted by molar-refractivity contribution is -0.385. The minimum absolute atomic E-state index is 0. The molecule has 0 unspecified atom stereocenters. The lowest BCUT2D eigenvalue weighted by Gasteiger charge is -2.29. The Balaban J connectivity index is 0.00000243. The number of carbonyl (C=O) groups excluding carboxylic acids is 1. The van der Waals surface area contributed by atoms with Crippen molar-refractivity contribution in [2.75, 3.05) is 0 Å². The van der Waals surface area contributed by atoms with E-state index in [-0.39, 0.29) is 29.2 Å². The van der Waals surface area contributed by atoms with Crippen molar-refractivity contribution < 1.29 is 9.72 Å². The zero-order valence-corrected chi connectivity index (χ0v) is 15.2. The Morgan fingerprint density at radius 2 is 1.81 bits per heavy atom. The molecule has 2 aromatic rings. The van der Waals surface area contributed by atoms with Crippen LogP contribution in [0.25, 0.3) is 0 Å². The normalized spacial score (nSPS) is 14.3. The molecule has 0 spiro atoms. The first-order valence-electron chi connectivity index (χ1n) is 7.85. The number of aliphatic imine (C=N–C) groups is 1. The lowest BCUT2D eigenvalue weighted by Crippen LogP contribution is -2.45. The molecule has 136 valence electrons.